The number of aliphatic hydroxyl groups is 4. The molecule has 6 nitrogen and oxygen atoms in total. The van der Waals surface area contributed by atoms with Gasteiger partial charge in [-0.2, -0.15) is 0 Å². The molecule has 4 rings (SSSR count). The lowest BCUT2D eigenvalue weighted by Crippen LogP contribution is -2.40. The van der Waals surface area contributed by atoms with E-state index in [1.165, 1.54) is 0 Å². The maximum atomic E-state index is 10.5. The van der Waals surface area contributed by atoms with Gasteiger partial charge in [0.25, 0.3) is 0 Å². The third-order valence-corrected chi connectivity index (χ3v) is 6.19. The van der Waals surface area contributed by atoms with Gasteiger partial charge < -0.3 is 29.9 Å². The fourth-order valence-corrected chi connectivity index (χ4v) is 4.32. The van der Waals surface area contributed by atoms with E-state index >= 15 is 0 Å². The highest BCUT2D eigenvalue weighted by atomic mass is 16.7. The monoisotopic (exact) mass is 436 g/mol. The van der Waals surface area contributed by atoms with Gasteiger partial charge in [0, 0.05) is 11.0 Å². The first kappa shape index (κ1) is 22.5. The van der Waals surface area contributed by atoms with Crippen molar-refractivity contribution >= 4 is 0 Å². The van der Waals surface area contributed by atoms with Gasteiger partial charge in [0.05, 0.1) is 6.61 Å². The molecule has 1 aliphatic heterocycles. The van der Waals surface area contributed by atoms with Gasteiger partial charge in [-0.1, -0.05) is 78.9 Å². The molecule has 1 saturated heterocycles. The molecule has 0 aliphatic carbocycles. The number of para-hydroxylation sites is 1. The molecule has 3 aromatic rings. The Bertz CT molecular complexity index is 970. The molecule has 168 valence electrons. The first-order chi connectivity index (χ1) is 15.5. The van der Waals surface area contributed by atoms with E-state index in [-0.39, 0.29) is 0 Å². The molecule has 1 fully saturated rings. The van der Waals surface area contributed by atoms with E-state index < -0.39 is 42.7 Å². The second kappa shape index (κ2) is 9.40. The standard InChI is InChI=1S/C26H28O6/c1-26(17-10-4-2-5-11-17,18-12-6-3-7-13-18)19-14-8-9-15-21(19)31-25-23(30)22(29)24(32-25)20(28)16-27/h2-15,20,22-25,27-30H,16H2,1H3/t20-,22+,23+,24-,25-/m0/s1. The number of hydrogen-bond acceptors (Lipinski definition) is 6. The number of ether oxygens (including phenoxy) is 2. The van der Waals surface area contributed by atoms with E-state index in [1.807, 2.05) is 54.6 Å². The Balaban J connectivity index is 1.75. The molecule has 5 atom stereocenters. The first-order valence-corrected chi connectivity index (χ1v) is 10.6. The van der Waals surface area contributed by atoms with Crippen molar-refractivity contribution in [2.24, 2.45) is 0 Å². The second-order valence-corrected chi connectivity index (χ2v) is 8.17. The van der Waals surface area contributed by atoms with Crippen LogP contribution >= 0.6 is 0 Å². The van der Waals surface area contributed by atoms with Crippen LogP contribution < -0.4 is 4.74 Å². The Kier molecular flexibility index (Phi) is 6.60. The molecule has 0 bridgehead atoms. The Morgan fingerprint density at radius 1 is 0.844 bits per heavy atom. The summed E-state index contributed by atoms with van der Waals surface area (Å²) in [7, 11) is 0. The van der Waals surface area contributed by atoms with Gasteiger partial charge in [0.2, 0.25) is 6.29 Å². The maximum Gasteiger partial charge on any atom is 0.229 e. The van der Waals surface area contributed by atoms with Gasteiger partial charge in [-0.25, -0.2) is 0 Å². The largest absolute Gasteiger partial charge is 0.462 e. The minimum Gasteiger partial charge on any atom is -0.462 e. The molecule has 1 aliphatic rings. The zero-order chi connectivity index (χ0) is 22.7. The topological polar surface area (TPSA) is 99.4 Å². The SMILES string of the molecule is CC(c1ccccc1)(c1ccccc1)c1ccccc1O[C@H]1O[C@@H]([C@@H](O)CO)[C@H](O)[C@H]1O. The van der Waals surface area contributed by atoms with Crippen molar-refractivity contribution in [2.75, 3.05) is 6.61 Å². The van der Waals surface area contributed by atoms with Crippen molar-refractivity contribution in [2.45, 2.75) is 43.0 Å². The Hall–Kier alpha value is -2.74. The summed E-state index contributed by atoms with van der Waals surface area (Å²) in [5.41, 5.74) is 2.40. The Morgan fingerprint density at radius 3 is 1.94 bits per heavy atom. The number of benzene rings is 3. The molecular weight excluding hydrogens is 408 g/mol. The van der Waals surface area contributed by atoms with E-state index in [0.29, 0.717) is 5.75 Å². The molecule has 0 radical (unpaired) electrons. The van der Waals surface area contributed by atoms with E-state index in [4.69, 9.17) is 9.47 Å². The number of aliphatic hydroxyl groups excluding tert-OH is 4. The summed E-state index contributed by atoms with van der Waals surface area (Å²) in [6.07, 6.45) is -6.45. The highest BCUT2D eigenvalue weighted by Gasteiger charge is 2.47. The molecule has 0 unspecified atom stereocenters. The van der Waals surface area contributed by atoms with E-state index in [0.717, 1.165) is 16.7 Å². The lowest BCUT2D eigenvalue weighted by Gasteiger charge is -2.34. The van der Waals surface area contributed by atoms with Gasteiger partial charge in [0.1, 0.15) is 30.2 Å². The Labute approximate surface area is 187 Å². The van der Waals surface area contributed by atoms with Crippen molar-refractivity contribution in [3.05, 3.63) is 102 Å². The van der Waals surface area contributed by atoms with Gasteiger partial charge in [-0.3, -0.25) is 0 Å². The lowest BCUT2D eigenvalue weighted by molar-refractivity contribution is -0.137. The fraction of sp³-hybridized carbons (Fsp3) is 0.308. The van der Waals surface area contributed by atoms with Crippen LogP contribution in [0.25, 0.3) is 0 Å². The van der Waals surface area contributed by atoms with Crippen LogP contribution in [0, 0.1) is 0 Å². The summed E-state index contributed by atoms with van der Waals surface area (Å²) in [6, 6.07) is 27.6. The summed E-state index contributed by atoms with van der Waals surface area (Å²) in [4.78, 5) is 0. The van der Waals surface area contributed by atoms with Crippen molar-refractivity contribution in [1.82, 2.24) is 0 Å². The van der Waals surface area contributed by atoms with Crippen LogP contribution in [-0.4, -0.2) is 57.7 Å². The van der Waals surface area contributed by atoms with E-state index in [2.05, 4.69) is 31.2 Å². The Morgan fingerprint density at radius 2 is 1.38 bits per heavy atom. The quantitative estimate of drug-likeness (QED) is 0.424. The first-order valence-electron chi connectivity index (χ1n) is 10.6. The highest BCUT2D eigenvalue weighted by Crippen LogP contribution is 2.43. The third-order valence-electron chi connectivity index (χ3n) is 6.19. The van der Waals surface area contributed by atoms with Gasteiger partial charge in [0.15, 0.2) is 0 Å². The minimum atomic E-state index is -1.39. The summed E-state index contributed by atoms with van der Waals surface area (Å²) in [5, 5.41) is 39.9. The summed E-state index contributed by atoms with van der Waals surface area (Å²) < 4.78 is 11.7. The smallest absolute Gasteiger partial charge is 0.229 e. The van der Waals surface area contributed by atoms with Crippen molar-refractivity contribution in [3.63, 3.8) is 0 Å². The highest BCUT2D eigenvalue weighted by molar-refractivity contribution is 5.54. The summed E-state index contributed by atoms with van der Waals surface area (Å²) >= 11 is 0. The molecule has 6 heteroatoms. The zero-order valence-electron chi connectivity index (χ0n) is 17.8. The summed E-state index contributed by atoms with van der Waals surface area (Å²) in [6.45, 7) is 1.51. The van der Waals surface area contributed by atoms with Crippen molar-refractivity contribution in [3.8, 4) is 5.75 Å². The molecule has 32 heavy (non-hydrogen) atoms. The predicted molar refractivity (Wildman–Crippen MR) is 119 cm³/mol. The number of rotatable bonds is 7. The van der Waals surface area contributed by atoms with Crippen molar-refractivity contribution in [1.29, 1.82) is 0 Å². The molecule has 4 N–H and O–H groups in total. The zero-order valence-corrected chi connectivity index (χ0v) is 17.8. The molecular formula is C26H28O6. The molecule has 0 amide bonds. The van der Waals surface area contributed by atoms with Crippen molar-refractivity contribution < 1.29 is 29.9 Å². The third kappa shape index (κ3) is 4.03. The van der Waals surface area contributed by atoms with Crippen LogP contribution in [0.2, 0.25) is 0 Å². The van der Waals surface area contributed by atoms with Crippen LogP contribution in [0.5, 0.6) is 5.75 Å². The second-order valence-electron chi connectivity index (χ2n) is 8.17. The molecule has 0 aromatic heterocycles. The normalized spacial score (nSPS) is 24.3. The number of hydrogen-bond donors (Lipinski definition) is 4. The average molecular weight is 437 g/mol. The fourth-order valence-electron chi connectivity index (χ4n) is 4.32. The van der Waals surface area contributed by atoms with Crippen LogP contribution in [0.15, 0.2) is 84.9 Å². The summed E-state index contributed by atoms with van der Waals surface area (Å²) in [5.74, 6) is 0.484. The van der Waals surface area contributed by atoms with Crippen LogP contribution in [0.3, 0.4) is 0 Å². The van der Waals surface area contributed by atoms with Gasteiger partial charge in [-0.05, 0) is 24.1 Å². The maximum absolute atomic E-state index is 10.5. The van der Waals surface area contributed by atoms with Crippen LogP contribution in [0.4, 0.5) is 0 Å². The molecule has 0 spiro atoms. The molecule has 0 saturated carbocycles. The lowest BCUT2D eigenvalue weighted by atomic mass is 9.71. The average Bonchev–Trinajstić information content (AvgIpc) is 3.13. The molecule has 1 heterocycles. The minimum absolute atomic E-state index is 0.484. The van der Waals surface area contributed by atoms with E-state index in [9.17, 15) is 20.4 Å². The van der Waals surface area contributed by atoms with E-state index in [1.54, 1.807) is 6.07 Å². The van der Waals surface area contributed by atoms with Crippen LogP contribution in [0.1, 0.15) is 23.6 Å². The van der Waals surface area contributed by atoms with Gasteiger partial charge in [-0.15, -0.1) is 0 Å². The van der Waals surface area contributed by atoms with Gasteiger partial charge >= 0.3 is 0 Å². The molecule has 3 aromatic carbocycles. The predicted octanol–water partition coefficient (Wildman–Crippen LogP) is 2.22. The van der Waals surface area contributed by atoms with Crippen LogP contribution in [-0.2, 0) is 10.2 Å².